The summed E-state index contributed by atoms with van der Waals surface area (Å²) in [4.78, 5) is 0. The minimum absolute atomic E-state index is 0.0978. The summed E-state index contributed by atoms with van der Waals surface area (Å²) < 4.78 is 24.0. The van der Waals surface area contributed by atoms with Crippen LogP contribution in [0.25, 0.3) is 11.6 Å². The standard InChI is InChI=1S/C18H16ClFO2/c1-21-14-6-5-11-9-13(4-3-12(11)10-14)15-7-8-16(20)18(22-2)17(15)19/h5-10H,3-4H2,1-2H3. The van der Waals surface area contributed by atoms with E-state index in [-0.39, 0.29) is 5.75 Å². The quantitative estimate of drug-likeness (QED) is 0.794. The zero-order valence-electron chi connectivity index (χ0n) is 12.5. The first-order chi connectivity index (χ1) is 10.6. The number of ether oxygens (including phenoxy) is 2. The van der Waals surface area contributed by atoms with Crippen LogP contribution in [0.4, 0.5) is 4.39 Å². The molecule has 2 nitrogen and oxygen atoms in total. The van der Waals surface area contributed by atoms with Gasteiger partial charge in [-0.05, 0) is 47.7 Å². The summed E-state index contributed by atoms with van der Waals surface area (Å²) >= 11 is 6.30. The normalized spacial score (nSPS) is 13.4. The number of benzene rings is 2. The van der Waals surface area contributed by atoms with Crippen molar-refractivity contribution in [1.29, 1.82) is 0 Å². The molecular formula is C18H16ClFO2. The number of hydrogen-bond acceptors (Lipinski definition) is 2. The van der Waals surface area contributed by atoms with Crippen molar-refractivity contribution in [3.63, 3.8) is 0 Å². The highest BCUT2D eigenvalue weighted by Gasteiger charge is 2.18. The summed E-state index contributed by atoms with van der Waals surface area (Å²) in [6, 6.07) is 9.12. The van der Waals surface area contributed by atoms with Gasteiger partial charge in [0.2, 0.25) is 0 Å². The Bertz CT molecular complexity index is 753. The Balaban J connectivity index is 2.05. The molecule has 0 aliphatic heterocycles. The first kappa shape index (κ1) is 14.9. The van der Waals surface area contributed by atoms with Crippen molar-refractivity contribution < 1.29 is 13.9 Å². The van der Waals surface area contributed by atoms with Crippen LogP contribution in [-0.2, 0) is 6.42 Å². The van der Waals surface area contributed by atoms with E-state index in [9.17, 15) is 4.39 Å². The summed E-state index contributed by atoms with van der Waals surface area (Å²) in [6.45, 7) is 0. The molecule has 1 aliphatic carbocycles. The zero-order chi connectivity index (χ0) is 15.7. The molecule has 22 heavy (non-hydrogen) atoms. The van der Waals surface area contributed by atoms with Gasteiger partial charge in [0.25, 0.3) is 0 Å². The van der Waals surface area contributed by atoms with E-state index in [1.807, 2.05) is 12.1 Å². The lowest BCUT2D eigenvalue weighted by atomic mass is 9.88. The van der Waals surface area contributed by atoms with Crippen molar-refractivity contribution in [3.05, 3.63) is 57.9 Å². The summed E-state index contributed by atoms with van der Waals surface area (Å²) in [5, 5.41) is 0.325. The van der Waals surface area contributed by atoms with Gasteiger partial charge >= 0.3 is 0 Å². The van der Waals surface area contributed by atoms with Crippen LogP contribution in [0.15, 0.2) is 30.3 Å². The molecule has 0 saturated heterocycles. The first-order valence-corrected chi connectivity index (χ1v) is 7.41. The molecule has 0 bridgehead atoms. The molecule has 0 saturated carbocycles. The lowest BCUT2D eigenvalue weighted by molar-refractivity contribution is 0.386. The third kappa shape index (κ3) is 2.57. The fraction of sp³-hybridized carbons (Fsp3) is 0.222. The van der Waals surface area contributed by atoms with Crippen molar-refractivity contribution in [3.8, 4) is 11.5 Å². The lowest BCUT2D eigenvalue weighted by Crippen LogP contribution is -2.01. The van der Waals surface area contributed by atoms with E-state index in [1.54, 1.807) is 13.2 Å². The Hall–Kier alpha value is -2.00. The molecule has 3 rings (SSSR count). The van der Waals surface area contributed by atoms with Gasteiger partial charge in [-0.2, -0.15) is 0 Å². The van der Waals surface area contributed by atoms with Gasteiger partial charge in [-0.25, -0.2) is 4.39 Å². The SMILES string of the molecule is COc1ccc2c(c1)CCC(c1ccc(F)c(OC)c1Cl)=C2. The molecule has 2 aromatic rings. The molecule has 4 heteroatoms. The molecule has 0 spiro atoms. The highest BCUT2D eigenvalue weighted by molar-refractivity contribution is 6.34. The molecule has 0 radical (unpaired) electrons. The Labute approximate surface area is 134 Å². The number of methoxy groups -OCH3 is 2. The van der Waals surface area contributed by atoms with Gasteiger partial charge in [-0.15, -0.1) is 0 Å². The molecule has 2 aromatic carbocycles. The van der Waals surface area contributed by atoms with Crippen LogP contribution in [0, 0.1) is 5.82 Å². The monoisotopic (exact) mass is 318 g/mol. The average Bonchev–Trinajstić information content (AvgIpc) is 2.54. The van der Waals surface area contributed by atoms with Crippen molar-refractivity contribution in [1.82, 2.24) is 0 Å². The van der Waals surface area contributed by atoms with Crippen LogP contribution in [0.3, 0.4) is 0 Å². The smallest absolute Gasteiger partial charge is 0.173 e. The van der Waals surface area contributed by atoms with Gasteiger partial charge < -0.3 is 9.47 Å². The second-order valence-electron chi connectivity index (χ2n) is 5.18. The van der Waals surface area contributed by atoms with Crippen LogP contribution in [-0.4, -0.2) is 14.2 Å². The Kier molecular flexibility index (Phi) is 4.08. The number of fused-ring (bicyclic) bond motifs is 1. The Morgan fingerprint density at radius 3 is 2.59 bits per heavy atom. The van der Waals surface area contributed by atoms with Gasteiger partial charge in [-0.1, -0.05) is 29.8 Å². The van der Waals surface area contributed by atoms with Crippen LogP contribution in [0.1, 0.15) is 23.1 Å². The van der Waals surface area contributed by atoms with E-state index in [4.69, 9.17) is 21.1 Å². The number of hydrogen-bond donors (Lipinski definition) is 0. The highest BCUT2D eigenvalue weighted by Crippen LogP contribution is 2.39. The van der Waals surface area contributed by atoms with Gasteiger partial charge in [0.15, 0.2) is 11.6 Å². The minimum atomic E-state index is -0.446. The molecule has 0 fully saturated rings. The van der Waals surface area contributed by atoms with Gasteiger partial charge in [0.05, 0.1) is 19.2 Å². The Morgan fingerprint density at radius 2 is 1.86 bits per heavy atom. The number of rotatable bonds is 3. The van der Waals surface area contributed by atoms with Crippen molar-refractivity contribution in [2.24, 2.45) is 0 Å². The van der Waals surface area contributed by atoms with Crippen LogP contribution in [0.5, 0.6) is 11.5 Å². The molecule has 0 aromatic heterocycles. The van der Waals surface area contributed by atoms with Crippen molar-refractivity contribution >= 4 is 23.3 Å². The largest absolute Gasteiger partial charge is 0.497 e. The van der Waals surface area contributed by atoms with Gasteiger partial charge in [0, 0.05) is 5.56 Å². The average molecular weight is 319 g/mol. The molecule has 0 atom stereocenters. The van der Waals surface area contributed by atoms with E-state index in [0.29, 0.717) is 5.02 Å². The van der Waals surface area contributed by atoms with E-state index in [0.717, 1.165) is 35.3 Å². The number of allylic oxidation sites excluding steroid dienone is 1. The van der Waals surface area contributed by atoms with Gasteiger partial charge in [-0.3, -0.25) is 0 Å². The van der Waals surface area contributed by atoms with E-state index >= 15 is 0 Å². The molecule has 0 unspecified atom stereocenters. The summed E-state index contributed by atoms with van der Waals surface area (Å²) in [5.41, 5.74) is 4.29. The predicted molar refractivity (Wildman–Crippen MR) is 87.1 cm³/mol. The topological polar surface area (TPSA) is 18.5 Å². The molecule has 0 amide bonds. The second kappa shape index (κ2) is 6.01. The summed E-state index contributed by atoms with van der Waals surface area (Å²) in [7, 11) is 3.08. The minimum Gasteiger partial charge on any atom is -0.497 e. The maximum absolute atomic E-state index is 13.7. The zero-order valence-corrected chi connectivity index (χ0v) is 13.2. The summed E-state index contributed by atoms with van der Waals surface area (Å²) in [6.07, 6.45) is 3.83. The molecule has 0 N–H and O–H groups in total. The highest BCUT2D eigenvalue weighted by atomic mass is 35.5. The van der Waals surface area contributed by atoms with E-state index in [2.05, 4.69) is 12.1 Å². The van der Waals surface area contributed by atoms with E-state index < -0.39 is 5.82 Å². The van der Waals surface area contributed by atoms with Crippen LogP contribution in [0.2, 0.25) is 5.02 Å². The van der Waals surface area contributed by atoms with Gasteiger partial charge in [0.1, 0.15) is 5.75 Å². The fourth-order valence-corrected chi connectivity index (χ4v) is 3.13. The van der Waals surface area contributed by atoms with E-state index in [1.165, 1.54) is 18.7 Å². The third-order valence-electron chi connectivity index (χ3n) is 3.94. The number of halogens is 2. The predicted octanol–water partition coefficient (Wildman–Crippen LogP) is 4.98. The number of aryl methyl sites for hydroxylation is 1. The Morgan fingerprint density at radius 1 is 1.05 bits per heavy atom. The molecule has 1 aliphatic rings. The van der Waals surface area contributed by atoms with Crippen LogP contribution < -0.4 is 9.47 Å². The van der Waals surface area contributed by atoms with Crippen LogP contribution >= 0.6 is 11.6 Å². The fourth-order valence-electron chi connectivity index (χ4n) is 2.78. The molecular weight excluding hydrogens is 303 g/mol. The maximum Gasteiger partial charge on any atom is 0.173 e. The van der Waals surface area contributed by atoms with Crippen molar-refractivity contribution in [2.45, 2.75) is 12.8 Å². The first-order valence-electron chi connectivity index (χ1n) is 7.04. The summed E-state index contributed by atoms with van der Waals surface area (Å²) in [5.74, 6) is 0.510. The second-order valence-corrected chi connectivity index (χ2v) is 5.55. The molecule has 0 heterocycles. The van der Waals surface area contributed by atoms with Crippen molar-refractivity contribution in [2.75, 3.05) is 14.2 Å². The lowest BCUT2D eigenvalue weighted by Gasteiger charge is -2.19. The third-order valence-corrected chi connectivity index (χ3v) is 4.32. The molecule has 114 valence electrons. The maximum atomic E-state index is 13.7.